The van der Waals surface area contributed by atoms with Crippen LogP contribution >= 0.6 is 0 Å². The third-order valence-electron chi connectivity index (χ3n) is 4.75. The van der Waals surface area contributed by atoms with E-state index >= 15 is 0 Å². The zero-order chi connectivity index (χ0) is 18.2. The van der Waals surface area contributed by atoms with Gasteiger partial charge in [-0.25, -0.2) is 4.98 Å². The first-order valence-electron chi connectivity index (χ1n) is 8.29. The Morgan fingerprint density at radius 2 is 1.92 bits per heavy atom. The molecule has 25 heavy (non-hydrogen) atoms. The van der Waals surface area contributed by atoms with Crippen LogP contribution in [-0.4, -0.2) is 63.7 Å². The molecule has 1 aliphatic heterocycles. The van der Waals surface area contributed by atoms with Gasteiger partial charge in [-0.1, -0.05) is 0 Å². The van der Waals surface area contributed by atoms with E-state index in [9.17, 15) is 8.42 Å². The zero-order valence-corrected chi connectivity index (χ0v) is 15.9. The Hall–Kier alpha value is -1.84. The fourth-order valence-electron chi connectivity index (χ4n) is 3.17. The average Bonchev–Trinajstić information content (AvgIpc) is 2.94. The third kappa shape index (κ3) is 3.31. The summed E-state index contributed by atoms with van der Waals surface area (Å²) in [6, 6.07) is 0. The van der Waals surface area contributed by atoms with Crippen LogP contribution in [0, 0.1) is 6.92 Å². The van der Waals surface area contributed by atoms with E-state index in [2.05, 4.69) is 15.0 Å². The molecule has 8 nitrogen and oxygen atoms in total. The van der Waals surface area contributed by atoms with Crippen LogP contribution < -0.4 is 0 Å². The largest absolute Gasteiger partial charge is 0.330 e. The van der Waals surface area contributed by atoms with Crippen LogP contribution in [0.4, 0.5) is 0 Å². The number of rotatable bonds is 4. The zero-order valence-electron chi connectivity index (χ0n) is 15.0. The second kappa shape index (κ2) is 6.81. The van der Waals surface area contributed by atoms with Crippen LogP contribution in [0.25, 0.3) is 11.4 Å². The van der Waals surface area contributed by atoms with Crippen molar-refractivity contribution >= 4 is 10.2 Å². The number of hydrogen-bond donors (Lipinski definition) is 0. The Morgan fingerprint density at radius 1 is 1.20 bits per heavy atom. The van der Waals surface area contributed by atoms with Crippen LogP contribution in [-0.2, 0) is 17.3 Å². The molecule has 1 unspecified atom stereocenters. The fourth-order valence-corrected chi connectivity index (χ4v) is 4.36. The van der Waals surface area contributed by atoms with Crippen molar-refractivity contribution in [3.05, 3.63) is 30.1 Å². The second-order valence-electron chi connectivity index (χ2n) is 6.53. The van der Waals surface area contributed by atoms with Crippen LogP contribution in [0.15, 0.2) is 18.6 Å². The van der Waals surface area contributed by atoms with Gasteiger partial charge in [0.15, 0.2) is 0 Å². The van der Waals surface area contributed by atoms with Gasteiger partial charge >= 0.3 is 0 Å². The highest BCUT2D eigenvalue weighted by atomic mass is 32.2. The number of hydrogen-bond acceptors (Lipinski definition) is 5. The standard InChI is InChI=1S/C16H24N6O2S/c1-12-19-10-14(21(12)4)16-15(17-7-8-18-16)13-6-5-9-22(11-13)25(23,24)20(2)3/h7-8,10,13H,5-6,9,11H2,1-4H3. The molecule has 0 spiro atoms. The molecule has 1 aliphatic rings. The fraction of sp³-hybridized carbons (Fsp3) is 0.562. The molecular formula is C16H24N6O2S. The predicted molar refractivity (Wildman–Crippen MR) is 95.1 cm³/mol. The molecule has 1 saturated heterocycles. The van der Waals surface area contributed by atoms with Crippen molar-refractivity contribution < 1.29 is 8.42 Å². The summed E-state index contributed by atoms with van der Waals surface area (Å²) in [7, 11) is 1.64. The molecule has 136 valence electrons. The summed E-state index contributed by atoms with van der Waals surface area (Å²) < 4.78 is 29.7. The summed E-state index contributed by atoms with van der Waals surface area (Å²) in [5.74, 6) is 0.912. The molecule has 2 aromatic heterocycles. The number of imidazole rings is 1. The SMILES string of the molecule is Cc1ncc(-c2nccnc2C2CCCN(S(=O)(=O)N(C)C)C2)n1C. The lowest BCUT2D eigenvalue weighted by Crippen LogP contribution is -2.45. The predicted octanol–water partition coefficient (Wildman–Crippen LogP) is 1.17. The Labute approximate surface area is 148 Å². The molecule has 1 atom stereocenters. The highest BCUT2D eigenvalue weighted by Crippen LogP contribution is 2.32. The maximum atomic E-state index is 12.5. The van der Waals surface area contributed by atoms with Crippen LogP contribution in [0.5, 0.6) is 0 Å². The van der Waals surface area contributed by atoms with E-state index in [1.807, 2.05) is 18.5 Å². The van der Waals surface area contributed by atoms with E-state index in [0.717, 1.165) is 35.7 Å². The molecule has 3 rings (SSSR count). The number of aryl methyl sites for hydroxylation is 1. The first-order chi connectivity index (χ1) is 11.8. The van der Waals surface area contributed by atoms with Crippen LogP contribution in [0.2, 0.25) is 0 Å². The van der Waals surface area contributed by atoms with Gasteiger partial charge in [-0.15, -0.1) is 0 Å². The first kappa shape index (κ1) is 18.0. The lowest BCUT2D eigenvalue weighted by Gasteiger charge is -2.33. The summed E-state index contributed by atoms with van der Waals surface area (Å²) >= 11 is 0. The second-order valence-corrected chi connectivity index (χ2v) is 8.67. The highest BCUT2D eigenvalue weighted by molar-refractivity contribution is 7.86. The average molecular weight is 364 g/mol. The van der Waals surface area contributed by atoms with E-state index in [4.69, 9.17) is 0 Å². The smallest absolute Gasteiger partial charge is 0.281 e. The minimum atomic E-state index is -3.42. The molecule has 0 saturated carbocycles. The number of nitrogens with zero attached hydrogens (tertiary/aromatic N) is 6. The van der Waals surface area contributed by atoms with Crippen molar-refractivity contribution in [1.29, 1.82) is 0 Å². The summed E-state index contributed by atoms with van der Waals surface area (Å²) in [5, 5.41) is 0. The molecule has 3 heterocycles. The summed E-state index contributed by atoms with van der Waals surface area (Å²) in [4.78, 5) is 13.4. The van der Waals surface area contributed by atoms with Gasteiger partial charge in [-0.2, -0.15) is 17.0 Å². The monoisotopic (exact) mass is 364 g/mol. The van der Waals surface area contributed by atoms with E-state index < -0.39 is 10.2 Å². The van der Waals surface area contributed by atoms with Gasteiger partial charge in [0.05, 0.1) is 17.6 Å². The van der Waals surface area contributed by atoms with Gasteiger partial charge < -0.3 is 4.57 Å². The van der Waals surface area contributed by atoms with Gasteiger partial charge in [-0.05, 0) is 19.8 Å². The topological polar surface area (TPSA) is 84.2 Å². The Kier molecular flexibility index (Phi) is 4.90. The van der Waals surface area contributed by atoms with E-state index in [0.29, 0.717) is 13.1 Å². The van der Waals surface area contributed by atoms with Crippen molar-refractivity contribution in [3.8, 4) is 11.4 Å². The molecule has 0 aliphatic carbocycles. The first-order valence-corrected chi connectivity index (χ1v) is 9.69. The number of aromatic nitrogens is 4. The Balaban J connectivity index is 1.96. The van der Waals surface area contributed by atoms with Crippen molar-refractivity contribution in [2.45, 2.75) is 25.7 Å². The van der Waals surface area contributed by atoms with Crippen LogP contribution in [0.1, 0.15) is 30.3 Å². The minimum Gasteiger partial charge on any atom is -0.330 e. The van der Waals surface area contributed by atoms with Crippen molar-refractivity contribution in [2.75, 3.05) is 27.2 Å². The molecule has 9 heteroatoms. The summed E-state index contributed by atoms with van der Waals surface area (Å²) in [6.45, 7) is 2.89. The van der Waals surface area contributed by atoms with Gasteiger partial charge in [0.1, 0.15) is 11.5 Å². The summed E-state index contributed by atoms with van der Waals surface area (Å²) in [5.41, 5.74) is 2.51. The van der Waals surface area contributed by atoms with E-state index in [1.165, 1.54) is 8.61 Å². The number of piperidine rings is 1. The normalized spacial score (nSPS) is 19.5. The Bertz CT molecular complexity index is 861. The van der Waals surface area contributed by atoms with Crippen molar-refractivity contribution in [1.82, 2.24) is 28.1 Å². The minimum absolute atomic E-state index is 0.0161. The molecular weight excluding hydrogens is 340 g/mol. The molecule has 2 aromatic rings. The van der Waals surface area contributed by atoms with Gasteiger partial charge in [0, 0.05) is 52.5 Å². The molecule has 0 bridgehead atoms. The molecule has 0 amide bonds. The van der Waals surface area contributed by atoms with E-state index in [1.54, 1.807) is 32.7 Å². The lowest BCUT2D eigenvalue weighted by atomic mass is 9.93. The van der Waals surface area contributed by atoms with Crippen molar-refractivity contribution in [2.24, 2.45) is 7.05 Å². The van der Waals surface area contributed by atoms with Crippen molar-refractivity contribution in [3.63, 3.8) is 0 Å². The highest BCUT2D eigenvalue weighted by Gasteiger charge is 2.33. The molecule has 0 N–H and O–H groups in total. The third-order valence-corrected chi connectivity index (χ3v) is 6.66. The molecule has 1 fully saturated rings. The van der Waals surface area contributed by atoms with Gasteiger partial charge in [0.25, 0.3) is 10.2 Å². The molecule has 0 radical (unpaired) electrons. The van der Waals surface area contributed by atoms with Gasteiger partial charge in [-0.3, -0.25) is 9.97 Å². The molecule has 0 aromatic carbocycles. The van der Waals surface area contributed by atoms with Gasteiger partial charge in [0.2, 0.25) is 0 Å². The maximum absolute atomic E-state index is 12.5. The quantitative estimate of drug-likeness (QED) is 0.813. The van der Waals surface area contributed by atoms with Crippen LogP contribution in [0.3, 0.4) is 0 Å². The summed E-state index contributed by atoms with van der Waals surface area (Å²) in [6.07, 6.45) is 6.82. The Morgan fingerprint density at radius 3 is 2.56 bits per heavy atom. The van der Waals surface area contributed by atoms with E-state index in [-0.39, 0.29) is 5.92 Å². The maximum Gasteiger partial charge on any atom is 0.281 e. The lowest BCUT2D eigenvalue weighted by molar-refractivity contribution is 0.296.